The van der Waals surface area contributed by atoms with Crippen LogP contribution in [0.2, 0.25) is 0 Å². The topological polar surface area (TPSA) is 90.1 Å². The van der Waals surface area contributed by atoms with Gasteiger partial charge in [-0.05, 0) is 44.9 Å². The van der Waals surface area contributed by atoms with Crippen molar-refractivity contribution in [2.24, 2.45) is 0 Å². The van der Waals surface area contributed by atoms with Crippen LogP contribution in [-0.2, 0) is 16.0 Å². The molecular formula is C20H29N5O2. The van der Waals surface area contributed by atoms with Crippen molar-refractivity contribution in [1.82, 2.24) is 25.5 Å². The Bertz CT molecular complexity index is 842. The van der Waals surface area contributed by atoms with Crippen molar-refractivity contribution in [3.63, 3.8) is 0 Å². The van der Waals surface area contributed by atoms with E-state index in [1.165, 1.54) is 11.1 Å². The van der Waals surface area contributed by atoms with Crippen molar-refractivity contribution in [2.45, 2.75) is 52.6 Å². The van der Waals surface area contributed by atoms with Crippen molar-refractivity contribution in [3.05, 3.63) is 29.1 Å². The molecule has 2 aromatic rings. The first-order chi connectivity index (χ1) is 12.9. The molecule has 27 heavy (non-hydrogen) atoms. The molecule has 1 fully saturated rings. The van der Waals surface area contributed by atoms with Crippen molar-refractivity contribution < 1.29 is 9.59 Å². The molecule has 146 valence electrons. The van der Waals surface area contributed by atoms with Crippen LogP contribution in [-0.4, -0.2) is 58.4 Å². The summed E-state index contributed by atoms with van der Waals surface area (Å²) in [5, 5.41) is 5.78. The maximum absolute atomic E-state index is 12.3. The number of hydrogen-bond donors (Lipinski definition) is 3. The lowest BCUT2D eigenvalue weighted by Crippen LogP contribution is -2.58. The van der Waals surface area contributed by atoms with E-state index >= 15 is 0 Å². The smallest absolute Gasteiger partial charge is 0.237 e. The van der Waals surface area contributed by atoms with Gasteiger partial charge in [0.15, 0.2) is 0 Å². The van der Waals surface area contributed by atoms with Crippen LogP contribution >= 0.6 is 0 Å². The molecule has 1 aromatic heterocycles. The molecule has 0 saturated carbocycles. The number of nitrogens with one attached hydrogen (secondary N) is 3. The fourth-order valence-corrected chi connectivity index (χ4v) is 3.61. The molecule has 0 radical (unpaired) electrons. The van der Waals surface area contributed by atoms with Crippen LogP contribution in [0.1, 0.15) is 37.2 Å². The van der Waals surface area contributed by atoms with E-state index in [4.69, 9.17) is 0 Å². The average molecular weight is 371 g/mol. The van der Waals surface area contributed by atoms with E-state index in [2.05, 4.69) is 59.3 Å². The van der Waals surface area contributed by atoms with Gasteiger partial charge in [0.1, 0.15) is 5.82 Å². The van der Waals surface area contributed by atoms with E-state index in [-0.39, 0.29) is 24.3 Å². The minimum atomic E-state index is -0.393. The third-order valence-corrected chi connectivity index (χ3v) is 5.33. The Balaban J connectivity index is 1.55. The van der Waals surface area contributed by atoms with E-state index in [0.717, 1.165) is 23.4 Å². The van der Waals surface area contributed by atoms with Gasteiger partial charge in [0, 0.05) is 32.1 Å². The van der Waals surface area contributed by atoms with Gasteiger partial charge < -0.3 is 15.6 Å². The Kier molecular flexibility index (Phi) is 5.79. The third kappa shape index (κ3) is 4.30. The van der Waals surface area contributed by atoms with E-state index in [9.17, 15) is 9.59 Å². The zero-order valence-electron chi connectivity index (χ0n) is 16.6. The molecule has 2 amide bonds. The van der Waals surface area contributed by atoms with E-state index < -0.39 is 6.04 Å². The molecule has 2 heterocycles. The molecule has 1 aromatic carbocycles. The van der Waals surface area contributed by atoms with Crippen molar-refractivity contribution in [1.29, 1.82) is 0 Å². The maximum Gasteiger partial charge on any atom is 0.237 e. The second kappa shape index (κ2) is 8.08. The monoisotopic (exact) mass is 371 g/mol. The number of hydrogen-bond acceptors (Lipinski definition) is 4. The zero-order chi connectivity index (χ0) is 19.6. The summed E-state index contributed by atoms with van der Waals surface area (Å²) in [5.41, 5.74) is 4.40. The Labute approximate surface area is 159 Å². The predicted octanol–water partition coefficient (Wildman–Crippen LogP) is 1.44. The van der Waals surface area contributed by atoms with Gasteiger partial charge in [-0.25, -0.2) is 4.98 Å². The van der Waals surface area contributed by atoms with Crippen molar-refractivity contribution in [3.8, 4) is 0 Å². The van der Waals surface area contributed by atoms with Gasteiger partial charge >= 0.3 is 0 Å². The maximum atomic E-state index is 12.3. The Morgan fingerprint density at radius 1 is 1.37 bits per heavy atom. The second-order valence-electron chi connectivity index (χ2n) is 7.53. The van der Waals surface area contributed by atoms with Gasteiger partial charge in [0.2, 0.25) is 11.8 Å². The zero-order valence-corrected chi connectivity index (χ0v) is 16.6. The standard InChI is InChI=1S/C20H29N5O2/c1-12(2)25-10-9-22-20(27)16(25)11-18(26)21-8-7-17-23-15-6-5-13(3)14(4)19(15)24-17/h5-6,12,16H,7-11H2,1-4H3,(H,21,26)(H,22,27)(H,23,24)/t16-/m0/s1. The van der Waals surface area contributed by atoms with Crippen LogP contribution in [0.25, 0.3) is 11.0 Å². The Morgan fingerprint density at radius 3 is 2.89 bits per heavy atom. The molecule has 3 N–H and O–H groups in total. The lowest BCUT2D eigenvalue weighted by molar-refractivity contribution is -0.134. The first-order valence-corrected chi connectivity index (χ1v) is 9.61. The molecule has 1 saturated heterocycles. The van der Waals surface area contributed by atoms with Crippen molar-refractivity contribution >= 4 is 22.8 Å². The average Bonchev–Trinajstić information content (AvgIpc) is 3.03. The highest BCUT2D eigenvalue weighted by Gasteiger charge is 2.32. The molecule has 1 atom stereocenters. The molecule has 7 nitrogen and oxygen atoms in total. The van der Waals surface area contributed by atoms with Crippen molar-refractivity contribution in [2.75, 3.05) is 19.6 Å². The SMILES string of the molecule is Cc1ccc2[nH]c(CCNC(=O)C[C@H]3C(=O)NCCN3C(C)C)nc2c1C. The molecule has 0 aliphatic carbocycles. The third-order valence-electron chi connectivity index (χ3n) is 5.33. The fourth-order valence-electron chi connectivity index (χ4n) is 3.61. The summed E-state index contributed by atoms with van der Waals surface area (Å²) in [6.45, 7) is 10.2. The minimum absolute atomic E-state index is 0.0618. The summed E-state index contributed by atoms with van der Waals surface area (Å²) >= 11 is 0. The first kappa shape index (κ1) is 19.4. The van der Waals surface area contributed by atoms with E-state index in [1.807, 2.05) is 6.07 Å². The first-order valence-electron chi connectivity index (χ1n) is 9.61. The highest BCUT2D eigenvalue weighted by atomic mass is 16.2. The highest BCUT2D eigenvalue weighted by molar-refractivity contribution is 5.88. The lowest BCUT2D eigenvalue weighted by Gasteiger charge is -2.37. The number of carbonyl (C=O) groups is 2. The second-order valence-corrected chi connectivity index (χ2v) is 7.53. The Hall–Kier alpha value is -2.41. The van der Waals surface area contributed by atoms with Crippen LogP contribution in [0.15, 0.2) is 12.1 Å². The summed E-state index contributed by atoms with van der Waals surface area (Å²) < 4.78 is 0. The number of aromatic nitrogens is 2. The summed E-state index contributed by atoms with van der Waals surface area (Å²) in [7, 11) is 0. The number of H-pyrrole nitrogens is 1. The molecule has 3 rings (SSSR count). The number of aromatic amines is 1. The highest BCUT2D eigenvalue weighted by Crippen LogP contribution is 2.19. The molecule has 0 spiro atoms. The van der Waals surface area contributed by atoms with Crippen LogP contribution in [0, 0.1) is 13.8 Å². The van der Waals surface area contributed by atoms with Crippen LogP contribution in [0.5, 0.6) is 0 Å². The number of fused-ring (bicyclic) bond motifs is 1. The number of piperazine rings is 1. The van der Waals surface area contributed by atoms with Crippen LogP contribution < -0.4 is 10.6 Å². The van der Waals surface area contributed by atoms with Gasteiger partial charge in [0.05, 0.1) is 23.5 Å². The minimum Gasteiger partial charge on any atom is -0.356 e. The molecule has 0 unspecified atom stereocenters. The van der Waals surface area contributed by atoms with Gasteiger partial charge in [-0.3, -0.25) is 14.5 Å². The fraction of sp³-hybridized carbons (Fsp3) is 0.550. The number of amides is 2. The number of imidazole rings is 1. The van der Waals surface area contributed by atoms with E-state index in [1.54, 1.807) is 0 Å². The number of benzene rings is 1. The number of aryl methyl sites for hydroxylation is 2. The molecule has 1 aliphatic rings. The van der Waals surface area contributed by atoms with Crippen LogP contribution in [0.4, 0.5) is 0 Å². The van der Waals surface area contributed by atoms with Gasteiger partial charge in [0.25, 0.3) is 0 Å². The van der Waals surface area contributed by atoms with Gasteiger partial charge in [-0.2, -0.15) is 0 Å². The lowest BCUT2D eigenvalue weighted by atomic mass is 10.1. The van der Waals surface area contributed by atoms with Crippen LogP contribution in [0.3, 0.4) is 0 Å². The number of nitrogens with zero attached hydrogens (tertiary/aromatic N) is 2. The predicted molar refractivity (Wildman–Crippen MR) is 106 cm³/mol. The largest absolute Gasteiger partial charge is 0.356 e. The number of carbonyl (C=O) groups excluding carboxylic acids is 2. The van der Waals surface area contributed by atoms with Gasteiger partial charge in [-0.15, -0.1) is 0 Å². The number of rotatable bonds is 6. The quantitative estimate of drug-likeness (QED) is 0.717. The summed E-state index contributed by atoms with van der Waals surface area (Å²) in [6.07, 6.45) is 0.812. The summed E-state index contributed by atoms with van der Waals surface area (Å²) in [5.74, 6) is 0.692. The summed E-state index contributed by atoms with van der Waals surface area (Å²) in [6, 6.07) is 3.96. The normalized spacial score (nSPS) is 18.1. The Morgan fingerprint density at radius 2 is 2.15 bits per heavy atom. The van der Waals surface area contributed by atoms with E-state index in [0.29, 0.717) is 19.5 Å². The molecule has 7 heteroatoms. The molecule has 1 aliphatic heterocycles. The summed E-state index contributed by atoms with van der Waals surface area (Å²) in [4.78, 5) is 34.5. The van der Waals surface area contributed by atoms with Gasteiger partial charge in [-0.1, -0.05) is 6.07 Å². The molecular weight excluding hydrogens is 342 g/mol. The molecule has 0 bridgehead atoms.